The Kier molecular flexibility index (Phi) is 6.04. The number of aryl methyl sites for hydroxylation is 1. The number of hydrogen-bond donors (Lipinski definition) is 2. The Morgan fingerprint density at radius 2 is 1.97 bits per heavy atom. The Labute approximate surface area is 192 Å². The highest BCUT2D eigenvalue weighted by atomic mass is 16.3. The average Bonchev–Trinajstić information content (AvgIpc) is 3.20. The molecule has 33 heavy (non-hydrogen) atoms. The zero-order chi connectivity index (χ0) is 23.6. The van der Waals surface area contributed by atoms with Crippen molar-refractivity contribution in [1.82, 2.24) is 15.3 Å². The lowest BCUT2D eigenvalue weighted by Crippen LogP contribution is -2.40. The topological polar surface area (TPSA) is 120 Å². The minimum absolute atomic E-state index is 0.146. The summed E-state index contributed by atoms with van der Waals surface area (Å²) in [5.74, 6) is 0.0998. The minimum atomic E-state index is -0.468. The summed E-state index contributed by atoms with van der Waals surface area (Å²) < 4.78 is 0. The molecule has 0 saturated heterocycles. The van der Waals surface area contributed by atoms with E-state index in [4.69, 9.17) is 0 Å². The van der Waals surface area contributed by atoms with Crippen LogP contribution >= 0.6 is 0 Å². The molecule has 0 spiro atoms. The number of carbonyl (C=O) groups excluding carboxylic acids is 2. The minimum Gasteiger partial charge on any atom is -0.505 e. The number of nitrogens with zero attached hydrogens (tertiary/aromatic N) is 5. The molecule has 1 aliphatic heterocycles. The number of azo groups is 1. The first-order valence-corrected chi connectivity index (χ1v) is 10.8. The molecule has 1 aliphatic carbocycles. The standard InChI is InChI=1S/C24H26N6O3/c1-24(2,3)27-22(33)18-13-15-7-4-5-8-17(15)19(20(18)32)28-29-21-16(14-31)9-12-30(21)23-25-10-6-11-26-23/h5-6,8,10-11,13-14,32H,4,7,9,12H2,1-3H3,(H,27,33). The van der Waals surface area contributed by atoms with Gasteiger partial charge in [-0.2, -0.15) is 0 Å². The molecular weight excluding hydrogens is 420 g/mol. The number of nitrogens with one attached hydrogen (secondary N) is 1. The molecule has 0 radical (unpaired) electrons. The van der Waals surface area contributed by atoms with Gasteiger partial charge in [-0.15, -0.1) is 10.2 Å². The van der Waals surface area contributed by atoms with E-state index in [9.17, 15) is 14.7 Å². The van der Waals surface area contributed by atoms with Crippen LogP contribution < -0.4 is 10.2 Å². The van der Waals surface area contributed by atoms with E-state index >= 15 is 0 Å². The van der Waals surface area contributed by atoms with E-state index in [-0.39, 0.29) is 22.9 Å². The Hall–Kier alpha value is -3.88. The zero-order valence-corrected chi connectivity index (χ0v) is 18.9. The fourth-order valence-electron chi connectivity index (χ4n) is 3.82. The Bertz CT molecular complexity index is 1180. The predicted molar refractivity (Wildman–Crippen MR) is 124 cm³/mol. The largest absolute Gasteiger partial charge is 0.505 e. The van der Waals surface area contributed by atoms with Crippen molar-refractivity contribution in [2.45, 2.75) is 45.6 Å². The van der Waals surface area contributed by atoms with E-state index in [0.717, 1.165) is 24.7 Å². The molecule has 9 nitrogen and oxygen atoms in total. The van der Waals surface area contributed by atoms with Gasteiger partial charge in [-0.3, -0.25) is 14.5 Å². The molecule has 1 aromatic carbocycles. The third-order valence-electron chi connectivity index (χ3n) is 5.33. The molecule has 2 aliphatic rings. The van der Waals surface area contributed by atoms with Crippen molar-refractivity contribution in [1.29, 1.82) is 0 Å². The number of amides is 1. The number of aromatic hydroxyl groups is 1. The molecule has 0 atom stereocenters. The van der Waals surface area contributed by atoms with E-state index in [2.05, 4.69) is 25.5 Å². The molecule has 0 saturated carbocycles. The summed E-state index contributed by atoms with van der Waals surface area (Å²) in [5, 5.41) is 22.6. The maximum atomic E-state index is 12.9. The maximum Gasteiger partial charge on any atom is 0.255 e. The average molecular weight is 447 g/mol. The summed E-state index contributed by atoms with van der Waals surface area (Å²) in [4.78, 5) is 34.7. The van der Waals surface area contributed by atoms with Crippen LogP contribution in [0.25, 0.3) is 6.08 Å². The predicted octanol–water partition coefficient (Wildman–Crippen LogP) is 4.07. The van der Waals surface area contributed by atoms with Gasteiger partial charge in [0.1, 0.15) is 12.0 Å². The molecule has 0 fully saturated rings. The molecule has 170 valence electrons. The number of carbonyl (C=O) groups is 2. The number of phenols is 1. The summed E-state index contributed by atoms with van der Waals surface area (Å²) in [5.41, 5.74) is 1.96. The molecule has 2 N–H and O–H groups in total. The highest BCUT2D eigenvalue weighted by molar-refractivity contribution is 6.00. The van der Waals surface area contributed by atoms with E-state index in [0.29, 0.717) is 35.9 Å². The van der Waals surface area contributed by atoms with Gasteiger partial charge < -0.3 is 10.4 Å². The molecule has 9 heteroatoms. The molecule has 2 aromatic rings. The lowest BCUT2D eigenvalue weighted by atomic mass is 9.92. The fraction of sp³-hybridized carbons (Fsp3) is 0.333. The number of phenolic OH excluding ortho intramolecular Hbond substituents is 1. The van der Waals surface area contributed by atoms with Crippen LogP contribution in [0.5, 0.6) is 5.75 Å². The van der Waals surface area contributed by atoms with Crippen molar-refractivity contribution in [3.63, 3.8) is 0 Å². The van der Waals surface area contributed by atoms with E-state index < -0.39 is 5.54 Å². The second-order valence-corrected chi connectivity index (χ2v) is 8.96. The first-order chi connectivity index (χ1) is 15.8. The lowest BCUT2D eigenvalue weighted by Gasteiger charge is -2.22. The van der Waals surface area contributed by atoms with Gasteiger partial charge in [0.25, 0.3) is 5.91 Å². The Morgan fingerprint density at radius 1 is 1.21 bits per heavy atom. The molecule has 0 unspecified atom stereocenters. The van der Waals surface area contributed by atoms with Gasteiger partial charge in [0, 0.05) is 35.6 Å². The SMILES string of the molecule is CC(C)(C)NC(=O)c1cc2c(c(N=NC3=C(C=O)CCN3c3ncccn3)c1O)C=CCC2. The highest BCUT2D eigenvalue weighted by Gasteiger charge is 2.27. The molecule has 2 heterocycles. The summed E-state index contributed by atoms with van der Waals surface area (Å²) in [7, 11) is 0. The van der Waals surface area contributed by atoms with Crippen molar-refractivity contribution in [3.8, 4) is 5.75 Å². The fourth-order valence-corrected chi connectivity index (χ4v) is 3.82. The van der Waals surface area contributed by atoms with Crippen molar-refractivity contribution >= 4 is 29.9 Å². The number of fused-ring (bicyclic) bond motifs is 1. The number of allylic oxidation sites excluding steroid dienone is 1. The van der Waals surface area contributed by atoms with Gasteiger partial charge in [0.2, 0.25) is 5.95 Å². The van der Waals surface area contributed by atoms with Gasteiger partial charge in [-0.1, -0.05) is 12.2 Å². The maximum absolute atomic E-state index is 12.9. The van der Waals surface area contributed by atoms with Gasteiger partial charge in [-0.25, -0.2) is 9.97 Å². The third kappa shape index (κ3) is 4.67. The number of anilines is 1. The monoisotopic (exact) mass is 446 g/mol. The van der Waals surface area contributed by atoms with Crippen molar-refractivity contribution in [3.05, 3.63) is 58.7 Å². The molecule has 4 rings (SSSR count). The Morgan fingerprint density at radius 3 is 2.67 bits per heavy atom. The summed E-state index contributed by atoms with van der Waals surface area (Å²) >= 11 is 0. The zero-order valence-electron chi connectivity index (χ0n) is 18.9. The van der Waals surface area contributed by atoms with Gasteiger partial charge in [0.05, 0.1) is 5.56 Å². The highest BCUT2D eigenvalue weighted by Crippen LogP contribution is 2.41. The van der Waals surface area contributed by atoms with E-state index in [1.54, 1.807) is 29.4 Å². The third-order valence-corrected chi connectivity index (χ3v) is 5.33. The normalized spacial score (nSPS) is 15.8. The van der Waals surface area contributed by atoms with Crippen LogP contribution in [0.2, 0.25) is 0 Å². The summed E-state index contributed by atoms with van der Waals surface area (Å²) in [6.45, 7) is 6.11. The second kappa shape index (κ2) is 8.93. The number of hydrogen-bond acceptors (Lipinski definition) is 8. The quantitative estimate of drug-likeness (QED) is 0.528. The lowest BCUT2D eigenvalue weighted by molar-refractivity contribution is -0.105. The van der Waals surface area contributed by atoms with Crippen LogP contribution in [0.1, 0.15) is 55.1 Å². The summed E-state index contributed by atoms with van der Waals surface area (Å²) in [6, 6.07) is 3.42. The first kappa shape index (κ1) is 22.3. The van der Waals surface area contributed by atoms with Crippen molar-refractivity contribution in [2.24, 2.45) is 10.2 Å². The van der Waals surface area contributed by atoms with Crippen LogP contribution in [-0.2, 0) is 11.2 Å². The second-order valence-electron chi connectivity index (χ2n) is 8.96. The van der Waals surface area contributed by atoms with Crippen LogP contribution in [-0.4, -0.2) is 39.4 Å². The van der Waals surface area contributed by atoms with Crippen molar-refractivity contribution < 1.29 is 14.7 Å². The van der Waals surface area contributed by atoms with Gasteiger partial charge >= 0.3 is 0 Å². The molecule has 0 bridgehead atoms. The van der Waals surface area contributed by atoms with Crippen LogP contribution in [0, 0.1) is 0 Å². The summed E-state index contributed by atoms with van der Waals surface area (Å²) in [6.07, 6.45) is 9.87. The number of aromatic nitrogens is 2. The van der Waals surface area contributed by atoms with E-state index in [1.165, 1.54) is 0 Å². The van der Waals surface area contributed by atoms with Gasteiger partial charge in [-0.05, 0) is 57.7 Å². The van der Waals surface area contributed by atoms with Crippen LogP contribution in [0.15, 0.2) is 52.2 Å². The van der Waals surface area contributed by atoms with Crippen LogP contribution in [0.3, 0.4) is 0 Å². The molecule has 1 aromatic heterocycles. The Balaban J connectivity index is 1.78. The van der Waals surface area contributed by atoms with Crippen molar-refractivity contribution in [2.75, 3.05) is 11.4 Å². The first-order valence-electron chi connectivity index (χ1n) is 10.8. The number of rotatable bonds is 5. The molecular formula is C24H26N6O3. The van der Waals surface area contributed by atoms with E-state index in [1.807, 2.05) is 32.9 Å². The smallest absolute Gasteiger partial charge is 0.255 e. The van der Waals surface area contributed by atoms with Crippen LogP contribution in [0.4, 0.5) is 11.6 Å². The molecule has 1 amide bonds. The number of aldehydes is 1. The van der Waals surface area contributed by atoms with Gasteiger partial charge in [0.15, 0.2) is 11.6 Å². The number of benzene rings is 1.